The third-order valence-corrected chi connectivity index (χ3v) is 8.33. The second-order valence-corrected chi connectivity index (χ2v) is 11.1. The summed E-state index contributed by atoms with van der Waals surface area (Å²) in [5.74, 6) is -1.28. The number of anilines is 1. The number of esters is 2. The zero-order valence-corrected chi connectivity index (χ0v) is 24.8. The Labute approximate surface area is 255 Å². The van der Waals surface area contributed by atoms with E-state index in [2.05, 4.69) is 11.6 Å². The lowest BCUT2D eigenvalue weighted by atomic mass is 9.96. The van der Waals surface area contributed by atoms with Crippen LogP contribution in [0.1, 0.15) is 48.0 Å². The number of fused-ring (bicyclic) bond motifs is 2. The first kappa shape index (κ1) is 28.8. The normalized spacial score (nSPS) is 16.7. The lowest BCUT2D eigenvalue weighted by Gasteiger charge is -2.24. The van der Waals surface area contributed by atoms with E-state index in [0.717, 1.165) is 23.4 Å². The summed E-state index contributed by atoms with van der Waals surface area (Å²) >= 11 is 1.11. The predicted octanol–water partition coefficient (Wildman–Crippen LogP) is 3.90. The number of furan rings is 1. The smallest absolute Gasteiger partial charge is 0.379 e. The Kier molecular flexibility index (Phi) is 7.71. The number of carbonyl (C=O) groups excluding carboxylic acids is 3. The first-order valence-electron chi connectivity index (χ1n) is 13.9. The van der Waals surface area contributed by atoms with Gasteiger partial charge in [0.1, 0.15) is 16.9 Å². The molecule has 0 radical (unpaired) electrons. The van der Waals surface area contributed by atoms with Crippen molar-refractivity contribution in [3.63, 3.8) is 0 Å². The molecule has 1 unspecified atom stereocenters. The maximum atomic E-state index is 14.3. The fourth-order valence-electron chi connectivity index (χ4n) is 5.38. The van der Waals surface area contributed by atoms with Gasteiger partial charge in [0, 0.05) is 12.1 Å². The first-order chi connectivity index (χ1) is 21.3. The quantitative estimate of drug-likeness (QED) is 0.169. The van der Waals surface area contributed by atoms with Crippen LogP contribution in [0.25, 0.3) is 5.57 Å². The average Bonchev–Trinajstić information content (AvgIpc) is 3.74. The van der Waals surface area contributed by atoms with E-state index < -0.39 is 23.5 Å². The number of benzene rings is 2. The topological polar surface area (TPSA) is 120 Å². The largest absolute Gasteiger partial charge is 0.458 e. The lowest BCUT2D eigenvalue weighted by molar-refractivity contribution is -0.138. The van der Waals surface area contributed by atoms with E-state index in [1.165, 1.54) is 23.0 Å². The Bertz CT molecular complexity index is 2020. The van der Waals surface area contributed by atoms with Gasteiger partial charge in [-0.1, -0.05) is 61.2 Å². The monoisotopic (exact) mass is 609 g/mol. The van der Waals surface area contributed by atoms with Crippen LogP contribution in [0.5, 0.6) is 5.75 Å². The minimum Gasteiger partial charge on any atom is -0.458 e. The lowest BCUT2D eigenvalue weighted by Crippen LogP contribution is -2.41. The minimum absolute atomic E-state index is 0.0306. The molecule has 2 aliphatic rings. The molecule has 1 amide bonds. The summed E-state index contributed by atoms with van der Waals surface area (Å²) < 4.78 is 17.6. The molecule has 10 nitrogen and oxygen atoms in total. The molecule has 0 N–H and O–H groups in total. The van der Waals surface area contributed by atoms with E-state index in [0.29, 0.717) is 33.7 Å². The number of thiazole rings is 1. The van der Waals surface area contributed by atoms with Crippen LogP contribution >= 0.6 is 11.3 Å². The minimum atomic E-state index is -0.925. The van der Waals surface area contributed by atoms with Gasteiger partial charge < -0.3 is 18.8 Å². The fourth-order valence-corrected chi connectivity index (χ4v) is 6.51. The van der Waals surface area contributed by atoms with Crippen LogP contribution in [0.3, 0.4) is 0 Å². The highest BCUT2D eigenvalue weighted by Gasteiger charge is 2.37. The van der Waals surface area contributed by atoms with Gasteiger partial charge in [-0.25, -0.2) is 14.6 Å². The molecular formula is C33H27N3O7S. The van der Waals surface area contributed by atoms with Gasteiger partial charge in [0.25, 0.3) is 11.5 Å². The fraction of sp³-hybridized carbons (Fsp3) is 0.182. The van der Waals surface area contributed by atoms with Gasteiger partial charge >= 0.3 is 11.9 Å². The highest BCUT2D eigenvalue weighted by Crippen LogP contribution is 2.36. The summed E-state index contributed by atoms with van der Waals surface area (Å²) in [6, 6.07) is 16.0. The van der Waals surface area contributed by atoms with Gasteiger partial charge in [0.15, 0.2) is 4.80 Å². The number of amides is 1. The van der Waals surface area contributed by atoms with Crippen LogP contribution in [0, 0.1) is 0 Å². The SMILES string of the molecule is C=CCOC(=O)C1=C(C)N=c2s/c(=C3\C(=O)N(CCC)c4ccccc43)c(=O)n2C1c1ccc(OC(=O)c2ccco2)cc1. The van der Waals surface area contributed by atoms with Crippen LogP contribution in [-0.4, -0.2) is 35.6 Å². The molecular weight excluding hydrogens is 582 g/mol. The Morgan fingerprint density at radius 1 is 1.07 bits per heavy atom. The van der Waals surface area contributed by atoms with Crippen molar-refractivity contribution in [3.05, 3.63) is 127 Å². The van der Waals surface area contributed by atoms with Gasteiger partial charge in [-0.15, -0.1) is 0 Å². The van der Waals surface area contributed by atoms with Crippen LogP contribution < -0.4 is 24.5 Å². The van der Waals surface area contributed by atoms with Crippen molar-refractivity contribution < 1.29 is 28.3 Å². The van der Waals surface area contributed by atoms with Gasteiger partial charge in [0.05, 0.1) is 34.8 Å². The molecule has 4 heterocycles. The molecule has 4 aromatic rings. The van der Waals surface area contributed by atoms with E-state index in [9.17, 15) is 19.2 Å². The number of hydrogen-bond donors (Lipinski definition) is 0. The van der Waals surface area contributed by atoms with Gasteiger partial charge in [-0.2, -0.15) is 0 Å². The molecule has 2 aliphatic heterocycles. The van der Waals surface area contributed by atoms with Crippen LogP contribution in [0.4, 0.5) is 5.69 Å². The summed E-state index contributed by atoms with van der Waals surface area (Å²) in [6.45, 7) is 7.75. The average molecular weight is 610 g/mol. The molecule has 222 valence electrons. The van der Waals surface area contributed by atoms with Crippen molar-refractivity contribution >= 4 is 40.4 Å². The molecule has 0 fully saturated rings. The molecule has 0 spiro atoms. The number of ether oxygens (including phenoxy) is 2. The van der Waals surface area contributed by atoms with E-state index in [4.69, 9.17) is 13.9 Å². The number of carbonyl (C=O) groups is 3. The van der Waals surface area contributed by atoms with E-state index in [1.807, 2.05) is 31.2 Å². The molecule has 6 rings (SSSR count). The number of aromatic nitrogens is 1. The number of para-hydroxylation sites is 1. The number of hydrogen-bond acceptors (Lipinski definition) is 9. The second-order valence-electron chi connectivity index (χ2n) is 10.1. The summed E-state index contributed by atoms with van der Waals surface area (Å²) in [6.07, 6.45) is 3.57. The molecule has 0 saturated carbocycles. The molecule has 1 atom stereocenters. The molecule has 44 heavy (non-hydrogen) atoms. The Morgan fingerprint density at radius 2 is 1.84 bits per heavy atom. The zero-order valence-electron chi connectivity index (χ0n) is 23.9. The number of rotatable bonds is 8. The third kappa shape index (κ3) is 4.90. The molecule has 2 aromatic heterocycles. The molecule has 11 heteroatoms. The summed E-state index contributed by atoms with van der Waals surface area (Å²) in [7, 11) is 0. The summed E-state index contributed by atoms with van der Waals surface area (Å²) in [4.78, 5) is 60.4. The zero-order chi connectivity index (χ0) is 31.0. The van der Waals surface area contributed by atoms with Gasteiger partial charge in [-0.3, -0.25) is 14.2 Å². The second kappa shape index (κ2) is 11.8. The van der Waals surface area contributed by atoms with Crippen molar-refractivity contribution in [1.29, 1.82) is 0 Å². The van der Waals surface area contributed by atoms with Crippen molar-refractivity contribution in [3.8, 4) is 5.75 Å². The van der Waals surface area contributed by atoms with E-state index in [1.54, 1.807) is 42.2 Å². The van der Waals surface area contributed by atoms with Crippen molar-refractivity contribution in [1.82, 2.24) is 4.57 Å². The molecule has 2 aromatic carbocycles. The standard InChI is InChI=1S/C33H27N3O7S/c1-4-16-35-23-10-7-6-9-22(23)26(29(35)37)28-30(38)36-27(25(32(40)42-17-5-2)19(3)34-33(36)44-28)20-12-14-21(15-13-20)43-31(39)24-11-8-18-41-24/h5-15,18,27H,2,4,16-17H2,1,3H3/b28-26-. The highest BCUT2D eigenvalue weighted by molar-refractivity contribution is 7.07. The van der Waals surface area contributed by atoms with E-state index in [-0.39, 0.29) is 34.1 Å². The number of allylic oxidation sites excluding steroid dienone is 1. The first-order valence-corrected chi connectivity index (χ1v) is 14.8. The molecule has 0 saturated heterocycles. The van der Waals surface area contributed by atoms with Gasteiger partial charge in [0.2, 0.25) is 5.76 Å². The maximum Gasteiger partial charge on any atom is 0.379 e. The summed E-state index contributed by atoms with van der Waals surface area (Å²) in [5.41, 5.74) is 2.38. The van der Waals surface area contributed by atoms with Crippen molar-refractivity contribution in [2.45, 2.75) is 26.3 Å². The van der Waals surface area contributed by atoms with Crippen LogP contribution in [0.2, 0.25) is 0 Å². The Hall–Kier alpha value is -5.29. The maximum absolute atomic E-state index is 14.3. The van der Waals surface area contributed by atoms with Crippen LogP contribution in [-0.2, 0) is 14.3 Å². The van der Waals surface area contributed by atoms with E-state index >= 15 is 0 Å². The van der Waals surface area contributed by atoms with Crippen LogP contribution in [0.15, 0.2) is 105 Å². The van der Waals surface area contributed by atoms with Crippen molar-refractivity contribution in [2.75, 3.05) is 18.1 Å². The predicted molar refractivity (Wildman–Crippen MR) is 163 cm³/mol. The Balaban J connectivity index is 1.50. The highest BCUT2D eigenvalue weighted by atomic mass is 32.1. The number of nitrogens with zero attached hydrogens (tertiary/aromatic N) is 3. The summed E-state index contributed by atoms with van der Waals surface area (Å²) in [5, 5.41) is 0. The van der Waals surface area contributed by atoms with Gasteiger partial charge in [-0.05, 0) is 49.2 Å². The third-order valence-electron chi connectivity index (χ3n) is 7.28. The molecule has 0 bridgehead atoms. The Morgan fingerprint density at radius 3 is 2.55 bits per heavy atom. The molecule has 0 aliphatic carbocycles. The van der Waals surface area contributed by atoms with Crippen molar-refractivity contribution in [2.24, 2.45) is 4.99 Å².